The molecule has 116 valence electrons. The first-order valence-corrected chi connectivity index (χ1v) is 6.72. The van der Waals surface area contributed by atoms with Crippen LogP contribution in [-0.4, -0.2) is 32.8 Å². The van der Waals surface area contributed by atoms with Gasteiger partial charge in [0, 0.05) is 18.0 Å². The summed E-state index contributed by atoms with van der Waals surface area (Å²) in [6.45, 7) is 0. The predicted molar refractivity (Wildman–Crippen MR) is 82.9 cm³/mol. The molecule has 0 saturated carbocycles. The third-order valence-corrected chi connectivity index (χ3v) is 3.09. The predicted octanol–water partition coefficient (Wildman–Crippen LogP) is 1.22. The van der Waals surface area contributed by atoms with Gasteiger partial charge in [-0.1, -0.05) is 6.07 Å². The van der Waals surface area contributed by atoms with E-state index in [1.807, 2.05) is 0 Å². The first kappa shape index (κ1) is 14.5. The molecule has 1 aromatic carbocycles. The highest BCUT2D eigenvalue weighted by molar-refractivity contribution is 6.04. The maximum Gasteiger partial charge on any atom is 0.276 e. The summed E-state index contributed by atoms with van der Waals surface area (Å²) >= 11 is 0. The van der Waals surface area contributed by atoms with Gasteiger partial charge in [0.15, 0.2) is 0 Å². The van der Waals surface area contributed by atoms with Gasteiger partial charge < -0.3 is 10.1 Å². The molecule has 0 atom stereocenters. The summed E-state index contributed by atoms with van der Waals surface area (Å²) in [4.78, 5) is 30.9. The van der Waals surface area contributed by atoms with Crippen molar-refractivity contribution in [1.29, 1.82) is 0 Å². The van der Waals surface area contributed by atoms with Crippen molar-refractivity contribution >= 4 is 11.6 Å². The van der Waals surface area contributed by atoms with Crippen molar-refractivity contribution in [2.45, 2.75) is 0 Å². The van der Waals surface area contributed by atoms with E-state index in [1.54, 1.807) is 42.7 Å². The Morgan fingerprint density at radius 3 is 2.91 bits per heavy atom. The third-order valence-electron chi connectivity index (χ3n) is 3.09. The molecular formula is C15H13N5O3. The van der Waals surface area contributed by atoms with E-state index >= 15 is 0 Å². The van der Waals surface area contributed by atoms with E-state index in [9.17, 15) is 9.59 Å². The van der Waals surface area contributed by atoms with Crippen molar-refractivity contribution in [1.82, 2.24) is 19.7 Å². The zero-order chi connectivity index (χ0) is 16.2. The van der Waals surface area contributed by atoms with Crippen LogP contribution >= 0.6 is 0 Å². The maximum atomic E-state index is 12.2. The summed E-state index contributed by atoms with van der Waals surface area (Å²) in [5, 5.41) is 6.49. The van der Waals surface area contributed by atoms with Crippen molar-refractivity contribution in [3.8, 4) is 11.7 Å². The monoisotopic (exact) mass is 311 g/mol. The van der Waals surface area contributed by atoms with Crippen LogP contribution in [0.2, 0.25) is 0 Å². The number of benzene rings is 1. The highest BCUT2D eigenvalue weighted by Crippen LogP contribution is 2.13. The van der Waals surface area contributed by atoms with Crippen LogP contribution in [0.25, 0.3) is 5.95 Å². The van der Waals surface area contributed by atoms with Gasteiger partial charge in [-0.05, 0) is 24.3 Å². The smallest absolute Gasteiger partial charge is 0.276 e. The number of carbonyl (C=O) groups excluding carboxylic acids is 1. The third kappa shape index (κ3) is 3.10. The summed E-state index contributed by atoms with van der Waals surface area (Å²) in [7, 11) is 1.51. The second-order valence-electron chi connectivity index (χ2n) is 4.59. The number of rotatable bonds is 4. The Hall–Kier alpha value is -3.42. The normalized spacial score (nSPS) is 10.3. The molecule has 2 N–H and O–H groups in total. The minimum Gasteiger partial charge on any atom is -0.497 e. The van der Waals surface area contributed by atoms with Crippen molar-refractivity contribution in [3.05, 3.63) is 64.8 Å². The fraction of sp³-hybridized carbons (Fsp3) is 0.0667. The number of methoxy groups -OCH3 is 1. The van der Waals surface area contributed by atoms with E-state index in [0.717, 1.165) is 0 Å². The summed E-state index contributed by atoms with van der Waals surface area (Å²) in [6, 6.07) is 8.33. The lowest BCUT2D eigenvalue weighted by Crippen LogP contribution is -2.22. The number of ether oxygens (including phenoxy) is 1. The molecule has 2 heterocycles. The number of carbonyl (C=O) groups is 1. The van der Waals surface area contributed by atoms with E-state index in [4.69, 9.17) is 4.74 Å². The Labute approximate surface area is 130 Å². The minimum atomic E-state index is -0.471. The number of hydrogen-bond acceptors (Lipinski definition) is 5. The van der Waals surface area contributed by atoms with Crippen LogP contribution in [0.4, 0.5) is 5.69 Å². The Bertz CT molecular complexity index is 886. The Morgan fingerprint density at radius 1 is 1.35 bits per heavy atom. The number of aromatic amines is 1. The number of anilines is 1. The van der Waals surface area contributed by atoms with Gasteiger partial charge in [0.25, 0.3) is 11.5 Å². The van der Waals surface area contributed by atoms with Gasteiger partial charge in [-0.25, -0.2) is 9.67 Å². The van der Waals surface area contributed by atoms with E-state index < -0.39 is 11.5 Å². The van der Waals surface area contributed by atoms with Crippen LogP contribution in [-0.2, 0) is 0 Å². The molecule has 8 heteroatoms. The van der Waals surface area contributed by atoms with Crippen LogP contribution in [0, 0.1) is 0 Å². The van der Waals surface area contributed by atoms with E-state index in [-0.39, 0.29) is 11.6 Å². The second kappa shape index (κ2) is 6.14. The number of H-pyrrole nitrogens is 1. The molecule has 0 aliphatic rings. The minimum absolute atomic E-state index is 0.0497. The molecule has 0 aliphatic carbocycles. The Kier molecular flexibility index (Phi) is 3.88. The van der Waals surface area contributed by atoms with Gasteiger partial charge in [-0.2, -0.15) is 5.10 Å². The van der Waals surface area contributed by atoms with Gasteiger partial charge in [0.1, 0.15) is 11.4 Å². The molecule has 8 nitrogen and oxygen atoms in total. The molecule has 0 bridgehead atoms. The Morgan fingerprint density at radius 2 is 2.22 bits per heavy atom. The summed E-state index contributed by atoms with van der Waals surface area (Å²) < 4.78 is 6.48. The summed E-state index contributed by atoms with van der Waals surface area (Å²) in [5.74, 6) is 0.390. The fourth-order valence-corrected chi connectivity index (χ4v) is 1.94. The highest BCUT2D eigenvalue weighted by Gasteiger charge is 2.11. The molecule has 1 amide bonds. The molecule has 3 aromatic rings. The van der Waals surface area contributed by atoms with Crippen molar-refractivity contribution in [2.24, 2.45) is 0 Å². The van der Waals surface area contributed by atoms with Gasteiger partial charge in [0.2, 0.25) is 5.95 Å². The molecule has 0 unspecified atom stereocenters. The van der Waals surface area contributed by atoms with Crippen molar-refractivity contribution in [2.75, 3.05) is 12.4 Å². The van der Waals surface area contributed by atoms with E-state index in [2.05, 4.69) is 20.4 Å². The zero-order valence-electron chi connectivity index (χ0n) is 12.2. The van der Waals surface area contributed by atoms with Crippen molar-refractivity contribution in [3.63, 3.8) is 0 Å². The van der Waals surface area contributed by atoms with Crippen LogP contribution in [0.5, 0.6) is 5.75 Å². The first-order chi connectivity index (χ1) is 11.2. The average Bonchev–Trinajstić information content (AvgIpc) is 3.11. The fourth-order valence-electron chi connectivity index (χ4n) is 1.94. The van der Waals surface area contributed by atoms with Crippen LogP contribution < -0.4 is 15.6 Å². The van der Waals surface area contributed by atoms with Gasteiger partial charge in [0.05, 0.1) is 13.3 Å². The molecule has 0 fully saturated rings. The largest absolute Gasteiger partial charge is 0.497 e. The van der Waals surface area contributed by atoms with Gasteiger partial charge in [-0.15, -0.1) is 0 Å². The number of nitrogens with one attached hydrogen (secondary N) is 2. The van der Waals surface area contributed by atoms with E-state index in [1.165, 1.54) is 18.0 Å². The molecule has 0 aliphatic heterocycles. The molecule has 3 rings (SSSR count). The molecular weight excluding hydrogens is 298 g/mol. The molecule has 23 heavy (non-hydrogen) atoms. The van der Waals surface area contributed by atoms with Crippen LogP contribution in [0.3, 0.4) is 0 Å². The lowest BCUT2D eigenvalue weighted by atomic mass is 10.2. The maximum absolute atomic E-state index is 12.2. The first-order valence-electron chi connectivity index (χ1n) is 6.72. The average molecular weight is 311 g/mol. The zero-order valence-corrected chi connectivity index (χ0v) is 12.2. The number of hydrogen-bond donors (Lipinski definition) is 2. The molecule has 0 spiro atoms. The number of amides is 1. The van der Waals surface area contributed by atoms with Gasteiger partial charge in [-0.3, -0.25) is 14.6 Å². The number of aromatic nitrogens is 4. The lowest BCUT2D eigenvalue weighted by Gasteiger charge is -2.06. The van der Waals surface area contributed by atoms with E-state index in [0.29, 0.717) is 11.3 Å². The molecule has 2 aromatic heterocycles. The summed E-state index contributed by atoms with van der Waals surface area (Å²) in [6.07, 6.45) is 4.50. The standard InChI is InChI=1S/C15H13N5O3/c1-23-11-5-2-4-10(8-11)13(21)18-12-9-16-15(19-14(12)22)20-7-3-6-17-20/h2-9H,1H3,(H,18,21)(H,16,19,22). The number of nitrogens with zero attached hydrogens (tertiary/aromatic N) is 3. The Balaban J connectivity index is 1.82. The van der Waals surface area contributed by atoms with Crippen LogP contribution in [0.1, 0.15) is 10.4 Å². The second-order valence-corrected chi connectivity index (χ2v) is 4.59. The molecule has 0 saturated heterocycles. The topological polar surface area (TPSA) is 102 Å². The SMILES string of the molecule is COc1cccc(C(=O)Nc2cnc(-n3cccn3)[nH]c2=O)c1. The quantitative estimate of drug-likeness (QED) is 0.754. The molecule has 0 radical (unpaired) electrons. The van der Waals surface area contributed by atoms with Crippen LogP contribution in [0.15, 0.2) is 53.7 Å². The van der Waals surface area contributed by atoms with Gasteiger partial charge >= 0.3 is 0 Å². The lowest BCUT2D eigenvalue weighted by molar-refractivity contribution is 0.102. The highest BCUT2D eigenvalue weighted by atomic mass is 16.5. The summed E-state index contributed by atoms with van der Waals surface area (Å²) in [5.41, 5.74) is -0.0459. The van der Waals surface area contributed by atoms with Crippen molar-refractivity contribution < 1.29 is 9.53 Å².